The Morgan fingerprint density at radius 2 is 1.90 bits per heavy atom. The molecule has 2 aromatic rings. The maximum absolute atomic E-state index is 6.01. The summed E-state index contributed by atoms with van der Waals surface area (Å²) >= 11 is 0. The van der Waals surface area contributed by atoms with Gasteiger partial charge >= 0.3 is 0 Å². The lowest BCUT2D eigenvalue weighted by atomic mass is 10.2. The van der Waals surface area contributed by atoms with E-state index in [1.165, 1.54) is 0 Å². The second-order valence-corrected chi connectivity index (χ2v) is 4.53. The van der Waals surface area contributed by atoms with E-state index in [1.54, 1.807) is 20.3 Å². The molecule has 0 bridgehead atoms. The third-order valence-corrected chi connectivity index (χ3v) is 3.36. The van der Waals surface area contributed by atoms with Crippen molar-refractivity contribution in [3.63, 3.8) is 0 Å². The Balaban J connectivity index is 2.19. The number of aryl methyl sites for hydroxylation is 1. The summed E-state index contributed by atoms with van der Waals surface area (Å²) in [6.45, 7) is 2.68. The van der Waals surface area contributed by atoms with Gasteiger partial charge in [-0.1, -0.05) is 0 Å². The lowest BCUT2D eigenvalue weighted by molar-refractivity contribution is 0.355. The molecule has 0 spiro atoms. The first kappa shape index (κ1) is 14.0. The molecule has 6 heteroatoms. The number of hydrogen-bond donors (Lipinski definition) is 2. The van der Waals surface area contributed by atoms with Gasteiger partial charge in [0.2, 0.25) is 0 Å². The van der Waals surface area contributed by atoms with Crippen LogP contribution in [0.1, 0.15) is 11.3 Å². The Morgan fingerprint density at radius 3 is 2.45 bits per heavy atom. The Morgan fingerprint density at radius 1 is 1.25 bits per heavy atom. The SMILES string of the molecule is COc1cc(N)c(NCc2cnn(C)c2C)cc1OC. The highest BCUT2D eigenvalue weighted by molar-refractivity contribution is 5.72. The smallest absolute Gasteiger partial charge is 0.162 e. The van der Waals surface area contributed by atoms with E-state index in [-0.39, 0.29) is 0 Å². The van der Waals surface area contributed by atoms with Crippen LogP contribution in [0.25, 0.3) is 0 Å². The van der Waals surface area contributed by atoms with Crippen molar-refractivity contribution in [2.24, 2.45) is 7.05 Å². The van der Waals surface area contributed by atoms with Gasteiger partial charge in [-0.3, -0.25) is 4.68 Å². The van der Waals surface area contributed by atoms with Gasteiger partial charge in [0.1, 0.15) is 0 Å². The van der Waals surface area contributed by atoms with Crippen molar-refractivity contribution >= 4 is 11.4 Å². The van der Waals surface area contributed by atoms with Crippen molar-refractivity contribution in [2.75, 3.05) is 25.3 Å². The highest BCUT2D eigenvalue weighted by atomic mass is 16.5. The number of nitrogens with two attached hydrogens (primary N) is 1. The number of nitrogens with zero attached hydrogens (tertiary/aromatic N) is 2. The van der Waals surface area contributed by atoms with Crippen molar-refractivity contribution in [2.45, 2.75) is 13.5 Å². The number of hydrogen-bond acceptors (Lipinski definition) is 5. The van der Waals surface area contributed by atoms with Crippen molar-refractivity contribution in [3.05, 3.63) is 29.6 Å². The topological polar surface area (TPSA) is 74.3 Å². The molecule has 108 valence electrons. The first-order valence-electron chi connectivity index (χ1n) is 6.29. The summed E-state index contributed by atoms with van der Waals surface area (Å²) in [5.41, 5.74) is 9.68. The fourth-order valence-electron chi connectivity index (χ4n) is 1.96. The molecule has 0 atom stereocenters. The van der Waals surface area contributed by atoms with Gasteiger partial charge in [0, 0.05) is 37.0 Å². The highest BCUT2D eigenvalue weighted by Crippen LogP contribution is 2.35. The Kier molecular flexibility index (Phi) is 4.02. The van der Waals surface area contributed by atoms with E-state index in [0.717, 1.165) is 16.9 Å². The zero-order chi connectivity index (χ0) is 14.7. The first-order valence-corrected chi connectivity index (χ1v) is 6.29. The zero-order valence-electron chi connectivity index (χ0n) is 12.2. The Hall–Kier alpha value is -2.37. The fraction of sp³-hybridized carbons (Fsp3) is 0.357. The second kappa shape index (κ2) is 5.73. The predicted molar refractivity (Wildman–Crippen MR) is 79.2 cm³/mol. The van der Waals surface area contributed by atoms with E-state index in [2.05, 4.69) is 10.4 Å². The van der Waals surface area contributed by atoms with E-state index >= 15 is 0 Å². The standard InChI is InChI=1S/C14H20N4O2/c1-9-10(8-17-18(9)2)7-16-12-6-14(20-4)13(19-3)5-11(12)15/h5-6,8,16H,7,15H2,1-4H3. The van der Waals surface area contributed by atoms with Crippen LogP contribution in [0.15, 0.2) is 18.3 Å². The zero-order valence-corrected chi connectivity index (χ0v) is 12.2. The van der Waals surface area contributed by atoms with E-state index in [9.17, 15) is 0 Å². The second-order valence-electron chi connectivity index (χ2n) is 4.53. The molecule has 0 unspecified atom stereocenters. The summed E-state index contributed by atoms with van der Waals surface area (Å²) in [6.07, 6.45) is 1.85. The molecule has 0 saturated carbocycles. The lowest BCUT2D eigenvalue weighted by Gasteiger charge is -2.14. The maximum Gasteiger partial charge on any atom is 0.162 e. The van der Waals surface area contributed by atoms with Gasteiger partial charge < -0.3 is 20.5 Å². The van der Waals surface area contributed by atoms with Gasteiger partial charge in [0.05, 0.1) is 31.8 Å². The molecule has 0 aliphatic rings. The molecule has 0 fully saturated rings. The molecule has 1 aromatic heterocycles. The number of aromatic nitrogens is 2. The summed E-state index contributed by atoms with van der Waals surface area (Å²) in [6, 6.07) is 3.58. The van der Waals surface area contributed by atoms with Crippen LogP contribution in [0.5, 0.6) is 11.5 Å². The number of benzene rings is 1. The lowest BCUT2D eigenvalue weighted by Crippen LogP contribution is -2.05. The van der Waals surface area contributed by atoms with Gasteiger partial charge in [0.15, 0.2) is 11.5 Å². The Labute approximate surface area is 118 Å². The van der Waals surface area contributed by atoms with Gasteiger partial charge in [-0.25, -0.2) is 0 Å². The van der Waals surface area contributed by atoms with Gasteiger partial charge in [-0.05, 0) is 6.92 Å². The minimum atomic E-state index is 0.615. The summed E-state index contributed by atoms with van der Waals surface area (Å²) in [4.78, 5) is 0. The van der Waals surface area contributed by atoms with Crippen LogP contribution in [0.2, 0.25) is 0 Å². The predicted octanol–water partition coefficient (Wildman–Crippen LogP) is 1.94. The average Bonchev–Trinajstić information content (AvgIpc) is 2.77. The largest absolute Gasteiger partial charge is 0.493 e. The third-order valence-electron chi connectivity index (χ3n) is 3.36. The van der Waals surface area contributed by atoms with Crippen LogP contribution in [-0.2, 0) is 13.6 Å². The van der Waals surface area contributed by atoms with Crippen molar-refractivity contribution in [1.29, 1.82) is 0 Å². The molecule has 2 rings (SSSR count). The highest BCUT2D eigenvalue weighted by Gasteiger charge is 2.10. The van der Waals surface area contributed by atoms with Crippen LogP contribution < -0.4 is 20.5 Å². The van der Waals surface area contributed by atoms with Crippen molar-refractivity contribution in [1.82, 2.24) is 9.78 Å². The van der Waals surface area contributed by atoms with Crippen molar-refractivity contribution in [3.8, 4) is 11.5 Å². The summed E-state index contributed by atoms with van der Waals surface area (Å²) in [7, 11) is 5.11. The van der Waals surface area contributed by atoms with Crippen LogP contribution in [0.4, 0.5) is 11.4 Å². The molecule has 3 N–H and O–H groups in total. The van der Waals surface area contributed by atoms with Crippen molar-refractivity contribution < 1.29 is 9.47 Å². The molecule has 1 heterocycles. The number of anilines is 2. The van der Waals surface area contributed by atoms with Crippen LogP contribution in [0.3, 0.4) is 0 Å². The number of nitrogens with one attached hydrogen (secondary N) is 1. The van der Waals surface area contributed by atoms with E-state index in [4.69, 9.17) is 15.2 Å². The van der Waals surface area contributed by atoms with Crippen LogP contribution >= 0.6 is 0 Å². The Bertz CT molecular complexity index is 607. The van der Waals surface area contributed by atoms with E-state index < -0.39 is 0 Å². The normalized spacial score (nSPS) is 10.4. The average molecular weight is 276 g/mol. The number of methoxy groups -OCH3 is 2. The molecule has 0 aliphatic carbocycles. The van der Waals surface area contributed by atoms with Gasteiger partial charge in [-0.15, -0.1) is 0 Å². The summed E-state index contributed by atoms with van der Waals surface area (Å²) in [5.74, 6) is 1.26. The molecular formula is C14H20N4O2. The summed E-state index contributed by atoms with van der Waals surface area (Å²) in [5, 5.41) is 7.51. The minimum Gasteiger partial charge on any atom is -0.493 e. The van der Waals surface area contributed by atoms with E-state index in [0.29, 0.717) is 23.7 Å². The molecule has 0 saturated heterocycles. The maximum atomic E-state index is 6.01. The number of nitrogen functional groups attached to an aromatic ring is 1. The quantitative estimate of drug-likeness (QED) is 0.816. The molecule has 20 heavy (non-hydrogen) atoms. The van der Waals surface area contributed by atoms with Crippen LogP contribution in [-0.4, -0.2) is 24.0 Å². The first-order chi connectivity index (χ1) is 9.56. The molecule has 0 aliphatic heterocycles. The minimum absolute atomic E-state index is 0.615. The molecule has 0 amide bonds. The number of rotatable bonds is 5. The number of ether oxygens (including phenoxy) is 2. The van der Waals surface area contributed by atoms with Crippen LogP contribution in [0, 0.1) is 6.92 Å². The fourth-order valence-corrected chi connectivity index (χ4v) is 1.96. The monoisotopic (exact) mass is 276 g/mol. The van der Waals surface area contributed by atoms with Gasteiger partial charge in [-0.2, -0.15) is 5.10 Å². The molecule has 0 radical (unpaired) electrons. The van der Waals surface area contributed by atoms with Gasteiger partial charge in [0.25, 0.3) is 0 Å². The third kappa shape index (κ3) is 2.64. The molecule has 6 nitrogen and oxygen atoms in total. The molecular weight excluding hydrogens is 256 g/mol. The molecule has 1 aromatic carbocycles. The van der Waals surface area contributed by atoms with E-state index in [1.807, 2.05) is 30.9 Å². The summed E-state index contributed by atoms with van der Waals surface area (Å²) < 4.78 is 12.3.